The van der Waals surface area contributed by atoms with Gasteiger partial charge in [-0.25, -0.2) is 4.79 Å². The van der Waals surface area contributed by atoms with Crippen molar-refractivity contribution in [2.45, 2.75) is 0 Å². The second-order valence-electron chi connectivity index (χ2n) is 2.49. The summed E-state index contributed by atoms with van der Waals surface area (Å²) in [6, 6.07) is 0. The first-order valence-electron chi connectivity index (χ1n) is 3.72. The smallest absolute Gasteiger partial charge is 0.328 e. The molecule has 1 atom stereocenters. The van der Waals surface area contributed by atoms with Gasteiger partial charge >= 0.3 is 11.7 Å². The van der Waals surface area contributed by atoms with Crippen molar-refractivity contribution in [3.63, 3.8) is 0 Å². The summed E-state index contributed by atoms with van der Waals surface area (Å²) < 4.78 is 0. The molecule has 66 valence electrons. The van der Waals surface area contributed by atoms with Gasteiger partial charge in [-0.1, -0.05) is 24.3 Å². The Kier molecular flexibility index (Phi) is 2.95. The van der Waals surface area contributed by atoms with E-state index in [1.165, 1.54) is 6.08 Å². The molecule has 0 heterocycles. The number of rotatable bonds is 2. The Morgan fingerprint density at radius 3 is 3.00 bits per heavy atom. The summed E-state index contributed by atoms with van der Waals surface area (Å²) in [5.41, 5.74) is 8.98. The topological polar surface area (TPSA) is 73.7 Å². The van der Waals surface area contributed by atoms with Crippen LogP contribution in [0.1, 0.15) is 0 Å². The second kappa shape index (κ2) is 4.18. The van der Waals surface area contributed by atoms with E-state index in [-0.39, 0.29) is 5.92 Å². The summed E-state index contributed by atoms with van der Waals surface area (Å²) in [5.74, 6) is -1.27. The fraction of sp³-hybridized carbons (Fsp3) is 0.111. The first-order chi connectivity index (χ1) is 6.24. The molecule has 0 amide bonds. The number of hydrogen-bond donors (Lipinski definition) is 1. The minimum Gasteiger partial charge on any atom is -0.478 e. The van der Waals surface area contributed by atoms with Crippen LogP contribution in [0.25, 0.3) is 5.53 Å². The van der Waals surface area contributed by atoms with E-state index in [1.807, 2.05) is 0 Å². The lowest BCUT2D eigenvalue weighted by Gasteiger charge is -2.00. The fourth-order valence-electron chi connectivity index (χ4n) is 0.996. The van der Waals surface area contributed by atoms with Crippen molar-refractivity contribution in [3.05, 3.63) is 42.0 Å². The molecule has 4 heteroatoms. The summed E-state index contributed by atoms with van der Waals surface area (Å²) in [4.78, 5) is 13.2. The van der Waals surface area contributed by atoms with Gasteiger partial charge in [0.15, 0.2) is 0 Å². The summed E-state index contributed by atoms with van der Waals surface area (Å²) in [7, 11) is 0. The van der Waals surface area contributed by atoms with Crippen molar-refractivity contribution in [1.29, 1.82) is 0 Å². The average Bonchev–Trinajstić information content (AvgIpc) is 2.15. The van der Waals surface area contributed by atoms with Crippen molar-refractivity contribution in [3.8, 4) is 0 Å². The van der Waals surface area contributed by atoms with Crippen molar-refractivity contribution in [2.24, 2.45) is 5.92 Å². The first-order valence-corrected chi connectivity index (χ1v) is 3.72. The van der Waals surface area contributed by atoms with Gasteiger partial charge in [0.1, 0.15) is 0 Å². The number of hydrogen-bond acceptors (Lipinski definition) is 1. The lowest BCUT2D eigenvalue weighted by Crippen LogP contribution is -2.10. The van der Waals surface area contributed by atoms with Gasteiger partial charge in [0.25, 0.3) is 0 Å². The van der Waals surface area contributed by atoms with Crippen molar-refractivity contribution < 1.29 is 14.7 Å². The molecule has 0 aliphatic heterocycles. The Morgan fingerprint density at radius 2 is 2.38 bits per heavy atom. The highest BCUT2D eigenvalue weighted by atomic mass is 16.4. The van der Waals surface area contributed by atoms with Gasteiger partial charge in [-0.05, 0) is 0 Å². The molecule has 0 aromatic heterocycles. The molecule has 0 bridgehead atoms. The van der Waals surface area contributed by atoms with Crippen LogP contribution < -0.4 is 0 Å². The summed E-state index contributed by atoms with van der Waals surface area (Å²) >= 11 is 0. The van der Waals surface area contributed by atoms with Gasteiger partial charge < -0.3 is 10.6 Å². The van der Waals surface area contributed by atoms with Gasteiger partial charge in [-0.3, -0.25) is 0 Å². The minimum atomic E-state index is -1.01. The maximum absolute atomic E-state index is 10.2. The zero-order chi connectivity index (χ0) is 9.68. The fourth-order valence-corrected chi connectivity index (χ4v) is 0.996. The molecule has 1 aliphatic carbocycles. The van der Waals surface area contributed by atoms with Crippen LogP contribution in [-0.2, 0) is 4.79 Å². The number of carboxylic acid groups (broad SMARTS) is 1. The molecular weight excluding hydrogens is 168 g/mol. The Hall–Kier alpha value is -1.93. The Morgan fingerprint density at radius 1 is 1.62 bits per heavy atom. The molecule has 1 N–H and O–H groups in total. The molecule has 0 fully saturated rings. The zero-order valence-electron chi connectivity index (χ0n) is 6.79. The van der Waals surface area contributed by atoms with E-state index < -0.39 is 5.97 Å². The molecule has 0 radical (unpaired) electrons. The Labute approximate surface area is 75.1 Å². The van der Waals surface area contributed by atoms with Crippen molar-refractivity contribution >= 4 is 11.7 Å². The SMILES string of the molecule is [N-]=[N+]=C1C=CC=CC1C=CC(=O)O. The Balaban J connectivity index is 2.81. The van der Waals surface area contributed by atoms with Crippen molar-refractivity contribution in [2.75, 3.05) is 0 Å². The normalized spacial score (nSPS) is 20.6. The molecule has 1 aliphatic rings. The van der Waals surface area contributed by atoms with Gasteiger partial charge in [-0.2, -0.15) is 4.79 Å². The van der Waals surface area contributed by atoms with E-state index >= 15 is 0 Å². The minimum absolute atomic E-state index is 0.258. The molecule has 0 spiro atoms. The summed E-state index contributed by atoms with van der Waals surface area (Å²) in [6.45, 7) is 0. The van der Waals surface area contributed by atoms with Crippen LogP contribution in [0.3, 0.4) is 0 Å². The number of allylic oxidation sites excluding steroid dienone is 5. The van der Waals surface area contributed by atoms with Crippen LogP contribution in [0, 0.1) is 5.92 Å². The first kappa shape index (κ1) is 9.16. The molecule has 4 nitrogen and oxygen atoms in total. The Bertz CT molecular complexity index is 347. The van der Waals surface area contributed by atoms with E-state index in [2.05, 4.69) is 4.79 Å². The highest BCUT2D eigenvalue weighted by Gasteiger charge is 2.16. The van der Waals surface area contributed by atoms with E-state index in [0.29, 0.717) is 5.71 Å². The highest BCUT2D eigenvalue weighted by molar-refractivity contribution is 5.96. The molecular formula is C9H8N2O2. The average molecular weight is 176 g/mol. The number of carboxylic acids is 1. The maximum Gasteiger partial charge on any atom is 0.328 e. The molecule has 0 saturated carbocycles. The number of nitrogens with zero attached hydrogens (tertiary/aromatic N) is 2. The van der Waals surface area contributed by atoms with Crippen LogP contribution in [-0.4, -0.2) is 21.6 Å². The zero-order valence-corrected chi connectivity index (χ0v) is 6.79. The monoisotopic (exact) mass is 176 g/mol. The molecule has 0 aromatic rings. The van der Waals surface area contributed by atoms with Crippen molar-refractivity contribution in [1.82, 2.24) is 0 Å². The third kappa shape index (κ3) is 2.54. The molecule has 0 aromatic carbocycles. The van der Waals surface area contributed by atoms with Gasteiger partial charge in [0, 0.05) is 12.2 Å². The summed E-state index contributed by atoms with van der Waals surface area (Å²) in [5, 5.41) is 8.37. The molecule has 0 saturated heterocycles. The standard InChI is InChI=1S/C9H8N2O2/c10-11-8-4-2-1-3-7(8)5-6-9(12)13/h1-7H,(H,12,13). The van der Waals surface area contributed by atoms with Gasteiger partial charge in [-0.15, -0.1) is 0 Å². The van der Waals surface area contributed by atoms with Crippen LogP contribution in [0.5, 0.6) is 0 Å². The lowest BCUT2D eigenvalue weighted by molar-refractivity contribution is -0.131. The van der Waals surface area contributed by atoms with E-state index in [1.54, 1.807) is 24.3 Å². The van der Waals surface area contributed by atoms with Gasteiger partial charge in [0.2, 0.25) is 0 Å². The summed E-state index contributed by atoms with van der Waals surface area (Å²) in [6.07, 6.45) is 9.34. The number of carbonyl (C=O) groups is 1. The van der Waals surface area contributed by atoms with Crippen LogP contribution in [0.4, 0.5) is 0 Å². The molecule has 13 heavy (non-hydrogen) atoms. The molecule has 1 unspecified atom stereocenters. The van der Waals surface area contributed by atoms with E-state index in [9.17, 15) is 4.79 Å². The van der Waals surface area contributed by atoms with E-state index in [4.69, 9.17) is 10.6 Å². The van der Waals surface area contributed by atoms with Crippen LogP contribution in [0.2, 0.25) is 0 Å². The predicted molar refractivity (Wildman–Crippen MR) is 47.2 cm³/mol. The van der Waals surface area contributed by atoms with Gasteiger partial charge in [0.05, 0.1) is 5.92 Å². The third-order valence-corrected chi connectivity index (χ3v) is 1.60. The lowest BCUT2D eigenvalue weighted by atomic mass is 9.98. The predicted octanol–water partition coefficient (Wildman–Crippen LogP) is 1.04. The van der Waals surface area contributed by atoms with Crippen LogP contribution in [0.15, 0.2) is 36.5 Å². The second-order valence-corrected chi connectivity index (χ2v) is 2.49. The highest BCUT2D eigenvalue weighted by Crippen LogP contribution is 2.08. The number of aliphatic carboxylic acids is 1. The van der Waals surface area contributed by atoms with Crippen LogP contribution >= 0.6 is 0 Å². The largest absolute Gasteiger partial charge is 0.478 e. The maximum atomic E-state index is 10.2. The molecule has 1 rings (SSSR count). The quantitative estimate of drug-likeness (QED) is 0.388. The van der Waals surface area contributed by atoms with E-state index in [0.717, 1.165) is 6.08 Å². The third-order valence-electron chi connectivity index (χ3n) is 1.60.